The molecule has 4 heteroatoms. The molecule has 0 bridgehead atoms. The maximum atomic E-state index is 11.0. The largest absolute Gasteiger partial charge is 0.496 e. The standard InChI is InChI=1S/C13H19NO2S/c1-9-7-11(5-6-14(3)13(15)17)12(16-4)8-10(9)2/h7-8H,5-6H2,1-4H3,(H,15,17). The number of likely N-dealkylation sites (N-methyl/N-ethyl adjacent to an activating group) is 1. The number of carbonyl (C=O) groups excluding carboxylic acids is 1. The van der Waals surface area contributed by atoms with Crippen LogP contribution in [0.5, 0.6) is 5.75 Å². The Kier molecular flexibility index (Phi) is 4.87. The van der Waals surface area contributed by atoms with Crippen molar-refractivity contribution in [3.63, 3.8) is 0 Å². The molecule has 0 fully saturated rings. The number of benzene rings is 1. The van der Waals surface area contributed by atoms with Gasteiger partial charge in [0.25, 0.3) is 5.24 Å². The van der Waals surface area contributed by atoms with E-state index in [1.165, 1.54) is 11.1 Å². The maximum Gasteiger partial charge on any atom is 0.278 e. The van der Waals surface area contributed by atoms with Gasteiger partial charge in [0, 0.05) is 13.6 Å². The van der Waals surface area contributed by atoms with Crippen LogP contribution in [0.15, 0.2) is 12.1 Å². The van der Waals surface area contributed by atoms with Crippen molar-refractivity contribution in [3.8, 4) is 5.75 Å². The summed E-state index contributed by atoms with van der Waals surface area (Å²) < 4.78 is 5.35. The second-order valence-corrected chi connectivity index (χ2v) is 4.59. The Morgan fingerprint density at radius 2 is 1.94 bits per heavy atom. The van der Waals surface area contributed by atoms with Crippen molar-refractivity contribution in [1.29, 1.82) is 0 Å². The van der Waals surface area contributed by atoms with Crippen LogP contribution in [0.2, 0.25) is 0 Å². The summed E-state index contributed by atoms with van der Waals surface area (Å²) >= 11 is 3.78. The topological polar surface area (TPSA) is 29.5 Å². The van der Waals surface area contributed by atoms with Gasteiger partial charge in [0.2, 0.25) is 0 Å². The fourth-order valence-electron chi connectivity index (χ4n) is 1.62. The lowest BCUT2D eigenvalue weighted by Crippen LogP contribution is -2.23. The molecule has 94 valence electrons. The van der Waals surface area contributed by atoms with Gasteiger partial charge in [-0.15, -0.1) is 0 Å². The molecular weight excluding hydrogens is 234 g/mol. The number of thiol groups is 1. The van der Waals surface area contributed by atoms with Gasteiger partial charge in [-0.1, -0.05) is 18.7 Å². The minimum atomic E-state index is -0.215. The smallest absolute Gasteiger partial charge is 0.278 e. The molecular formula is C13H19NO2S. The highest BCUT2D eigenvalue weighted by molar-refractivity contribution is 7.96. The molecule has 0 saturated heterocycles. The lowest BCUT2D eigenvalue weighted by molar-refractivity contribution is 0.234. The van der Waals surface area contributed by atoms with Crippen LogP contribution in [0, 0.1) is 13.8 Å². The van der Waals surface area contributed by atoms with Crippen molar-refractivity contribution in [1.82, 2.24) is 4.90 Å². The van der Waals surface area contributed by atoms with Crippen LogP contribution in [-0.2, 0) is 6.42 Å². The Hall–Kier alpha value is -1.16. The second kappa shape index (κ2) is 5.96. The van der Waals surface area contributed by atoms with Crippen molar-refractivity contribution in [2.45, 2.75) is 20.3 Å². The number of nitrogens with zero attached hydrogens (tertiary/aromatic N) is 1. The Balaban J connectivity index is 2.83. The first-order chi connectivity index (χ1) is 7.95. The summed E-state index contributed by atoms with van der Waals surface area (Å²) in [7, 11) is 3.41. The number of methoxy groups -OCH3 is 1. The Morgan fingerprint density at radius 3 is 2.47 bits per heavy atom. The summed E-state index contributed by atoms with van der Waals surface area (Å²) in [5.74, 6) is 0.883. The molecule has 0 saturated carbocycles. The molecule has 0 aliphatic carbocycles. The summed E-state index contributed by atoms with van der Waals surface area (Å²) in [4.78, 5) is 12.6. The van der Waals surface area contributed by atoms with Gasteiger partial charge in [0.05, 0.1) is 7.11 Å². The highest BCUT2D eigenvalue weighted by atomic mass is 32.1. The van der Waals surface area contributed by atoms with Gasteiger partial charge in [-0.2, -0.15) is 0 Å². The monoisotopic (exact) mass is 253 g/mol. The Bertz CT molecular complexity index is 418. The van der Waals surface area contributed by atoms with Crippen LogP contribution in [0.3, 0.4) is 0 Å². The van der Waals surface area contributed by atoms with E-state index in [2.05, 4.69) is 32.5 Å². The first kappa shape index (κ1) is 13.9. The molecule has 0 heterocycles. The fraction of sp³-hybridized carbons (Fsp3) is 0.462. The van der Waals surface area contributed by atoms with Gasteiger partial charge >= 0.3 is 0 Å². The average molecular weight is 253 g/mol. The number of aryl methyl sites for hydroxylation is 2. The van der Waals surface area contributed by atoms with Crippen LogP contribution in [-0.4, -0.2) is 30.8 Å². The molecule has 0 unspecified atom stereocenters. The van der Waals surface area contributed by atoms with Crippen LogP contribution >= 0.6 is 12.6 Å². The van der Waals surface area contributed by atoms with Gasteiger partial charge in [-0.3, -0.25) is 4.79 Å². The van der Waals surface area contributed by atoms with E-state index < -0.39 is 0 Å². The lowest BCUT2D eigenvalue weighted by Gasteiger charge is -2.16. The number of amides is 1. The quantitative estimate of drug-likeness (QED) is 0.836. The molecule has 0 spiro atoms. The molecule has 17 heavy (non-hydrogen) atoms. The molecule has 1 rings (SSSR count). The van der Waals surface area contributed by atoms with Gasteiger partial charge < -0.3 is 9.64 Å². The van der Waals surface area contributed by atoms with E-state index in [0.29, 0.717) is 6.54 Å². The third-order valence-corrected chi connectivity index (χ3v) is 3.28. The summed E-state index contributed by atoms with van der Waals surface area (Å²) in [5.41, 5.74) is 3.57. The molecule has 1 aromatic carbocycles. The highest BCUT2D eigenvalue weighted by Crippen LogP contribution is 2.23. The molecule has 0 aromatic heterocycles. The van der Waals surface area contributed by atoms with Crippen molar-refractivity contribution in [2.75, 3.05) is 20.7 Å². The molecule has 0 aliphatic rings. The average Bonchev–Trinajstić information content (AvgIpc) is 2.29. The summed E-state index contributed by atoms with van der Waals surface area (Å²) in [6.07, 6.45) is 0.771. The van der Waals surface area contributed by atoms with Gasteiger partial charge in [0.1, 0.15) is 5.75 Å². The normalized spacial score (nSPS) is 10.2. The van der Waals surface area contributed by atoms with Crippen LogP contribution < -0.4 is 4.74 Å². The zero-order chi connectivity index (χ0) is 13.0. The molecule has 3 nitrogen and oxygen atoms in total. The van der Waals surface area contributed by atoms with E-state index in [1.54, 1.807) is 19.1 Å². The fourth-order valence-corrected chi connectivity index (χ4v) is 1.72. The summed E-state index contributed by atoms with van der Waals surface area (Å²) in [5, 5.41) is -0.215. The van der Waals surface area contributed by atoms with Crippen LogP contribution in [0.25, 0.3) is 0 Å². The van der Waals surface area contributed by atoms with Crippen LogP contribution in [0.4, 0.5) is 4.79 Å². The highest BCUT2D eigenvalue weighted by Gasteiger charge is 2.08. The predicted octanol–water partition coefficient (Wildman–Crippen LogP) is 2.84. The molecule has 0 radical (unpaired) electrons. The zero-order valence-corrected chi connectivity index (χ0v) is 11.7. The maximum absolute atomic E-state index is 11.0. The number of ether oxygens (including phenoxy) is 1. The number of hydrogen-bond donors (Lipinski definition) is 1. The zero-order valence-electron chi connectivity index (χ0n) is 10.8. The van der Waals surface area contributed by atoms with E-state index in [-0.39, 0.29) is 5.24 Å². The number of hydrogen-bond acceptors (Lipinski definition) is 2. The summed E-state index contributed by atoms with van der Waals surface area (Å²) in [6, 6.07) is 4.15. The van der Waals surface area contributed by atoms with Gasteiger partial charge in [-0.25, -0.2) is 0 Å². The molecule has 0 N–H and O–H groups in total. The summed E-state index contributed by atoms with van der Waals surface area (Å²) in [6.45, 7) is 4.78. The Labute approximate surface area is 108 Å². The first-order valence-corrected chi connectivity index (χ1v) is 5.98. The molecule has 0 aliphatic heterocycles. The number of carbonyl (C=O) groups is 1. The minimum Gasteiger partial charge on any atom is -0.496 e. The van der Waals surface area contributed by atoms with E-state index in [0.717, 1.165) is 17.7 Å². The second-order valence-electron chi connectivity index (χ2n) is 4.20. The third-order valence-electron chi connectivity index (χ3n) is 2.94. The first-order valence-electron chi connectivity index (χ1n) is 5.54. The van der Waals surface area contributed by atoms with E-state index >= 15 is 0 Å². The molecule has 1 aromatic rings. The van der Waals surface area contributed by atoms with E-state index in [9.17, 15) is 4.79 Å². The van der Waals surface area contributed by atoms with Crippen molar-refractivity contribution in [2.24, 2.45) is 0 Å². The number of rotatable bonds is 4. The minimum absolute atomic E-state index is 0.215. The predicted molar refractivity (Wildman–Crippen MR) is 73.2 cm³/mol. The third kappa shape index (κ3) is 3.66. The van der Waals surface area contributed by atoms with Crippen molar-refractivity contribution in [3.05, 3.63) is 28.8 Å². The van der Waals surface area contributed by atoms with Crippen molar-refractivity contribution < 1.29 is 9.53 Å². The van der Waals surface area contributed by atoms with E-state index in [4.69, 9.17) is 4.74 Å². The van der Waals surface area contributed by atoms with Crippen molar-refractivity contribution >= 4 is 17.9 Å². The Morgan fingerprint density at radius 1 is 1.35 bits per heavy atom. The van der Waals surface area contributed by atoms with E-state index in [1.807, 2.05) is 6.07 Å². The molecule has 1 amide bonds. The SMILES string of the molecule is COc1cc(C)c(C)cc1CCN(C)C(=O)S. The lowest BCUT2D eigenvalue weighted by atomic mass is 10.0. The van der Waals surface area contributed by atoms with Crippen LogP contribution in [0.1, 0.15) is 16.7 Å². The van der Waals surface area contributed by atoms with Gasteiger partial charge in [-0.05, 0) is 43.0 Å². The van der Waals surface area contributed by atoms with Gasteiger partial charge in [0.15, 0.2) is 0 Å². The molecule has 0 atom stereocenters.